The first-order valence-electron chi connectivity index (χ1n) is 4.40. The summed E-state index contributed by atoms with van der Waals surface area (Å²) in [6.07, 6.45) is 2.74. The van der Waals surface area contributed by atoms with Gasteiger partial charge in [-0.1, -0.05) is 19.3 Å². The van der Waals surface area contributed by atoms with Gasteiger partial charge in [-0.3, -0.25) is 5.26 Å². The Hall–Kier alpha value is -1.54. The fourth-order valence-electron chi connectivity index (χ4n) is 1.04. The highest BCUT2D eigenvalue weighted by atomic mass is 17.1. The maximum atomic E-state index is 8.56. The Balaban J connectivity index is 0. The van der Waals surface area contributed by atoms with Crippen LogP contribution in [0.3, 0.4) is 0 Å². The quantitative estimate of drug-likeness (QED) is 0.346. The number of rotatable bonds is 1. The number of carbonyl (C=O) groups is 2. The third kappa shape index (κ3) is 22.9. The first-order chi connectivity index (χ1) is 7.40. The minimum Gasteiger partial charge on any atom is -0.450 e. The zero-order valence-electron chi connectivity index (χ0n) is 8.50. The van der Waals surface area contributed by atoms with Crippen molar-refractivity contribution in [2.75, 3.05) is 0 Å². The van der Waals surface area contributed by atoms with Crippen LogP contribution in [0.2, 0.25) is 0 Å². The molecular formula is C8H15O8. The zero-order valence-corrected chi connectivity index (χ0v) is 8.50. The van der Waals surface area contributed by atoms with Crippen LogP contribution in [0.15, 0.2) is 0 Å². The second-order valence-corrected chi connectivity index (χ2v) is 2.76. The second kappa shape index (κ2) is 11.5. The van der Waals surface area contributed by atoms with Crippen LogP contribution >= 0.6 is 0 Å². The highest BCUT2D eigenvalue weighted by Crippen LogP contribution is 2.25. The molecule has 0 heterocycles. The fourth-order valence-corrected chi connectivity index (χ4v) is 1.04. The normalized spacial score (nSPS) is 14.8. The monoisotopic (exact) mass is 239 g/mol. The zero-order chi connectivity index (χ0) is 13.0. The van der Waals surface area contributed by atoms with Crippen molar-refractivity contribution in [3.63, 3.8) is 0 Å². The van der Waals surface area contributed by atoms with E-state index >= 15 is 0 Å². The Morgan fingerprint density at radius 2 is 1.19 bits per heavy atom. The first kappa shape index (κ1) is 16.9. The van der Waals surface area contributed by atoms with Crippen LogP contribution in [0.1, 0.15) is 32.1 Å². The molecule has 1 rings (SSSR count). The van der Waals surface area contributed by atoms with Gasteiger partial charge in [0.15, 0.2) is 0 Å². The lowest BCUT2D eigenvalue weighted by molar-refractivity contribution is -0.240. The van der Waals surface area contributed by atoms with Gasteiger partial charge in [0, 0.05) is 0 Å². The van der Waals surface area contributed by atoms with Gasteiger partial charge >= 0.3 is 12.3 Å². The summed E-state index contributed by atoms with van der Waals surface area (Å²) in [5, 5.41) is 36.0. The summed E-state index contributed by atoms with van der Waals surface area (Å²) in [5.74, 6) is 0. The molecular weight excluding hydrogens is 224 g/mol. The standard InChI is InChI=1S/C6H11O2.2CH2O3/c7-8-6-4-2-1-3-5-6;2*2-1(3)4/h7H,1-5H2;2*(H2,2,3,4). The Morgan fingerprint density at radius 3 is 1.38 bits per heavy atom. The van der Waals surface area contributed by atoms with E-state index in [1.807, 2.05) is 0 Å². The Morgan fingerprint density at radius 1 is 0.875 bits per heavy atom. The van der Waals surface area contributed by atoms with E-state index in [1.165, 1.54) is 19.3 Å². The minimum absolute atomic E-state index is 0.858. The van der Waals surface area contributed by atoms with E-state index in [9.17, 15) is 0 Å². The predicted molar refractivity (Wildman–Crippen MR) is 51.3 cm³/mol. The van der Waals surface area contributed by atoms with Crippen molar-refractivity contribution in [2.24, 2.45) is 0 Å². The molecule has 95 valence electrons. The average molecular weight is 239 g/mol. The average Bonchev–Trinajstić information content (AvgIpc) is 2.17. The number of hydrogen-bond donors (Lipinski definition) is 5. The third-order valence-corrected chi connectivity index (χ3v) is 1.54. The van der Waals surface area contributed by atoms with Gasteiger partial charge in [-0.2, -0.15) is 0 Å². The molecule has 1 fully saturated rings. The molecule has 8 nitrogen and oxygen atoms in total. The molecule has 0 spiro atoms. The second-order valence-electron chi connectivity index (χ2n) is 2.76. The maximum absolute atomic E-state index is 8.56. The molecule has 0 atom stereocenters. The van der Waals surface area contributed by atoms with Crippen molar-refractivity contribution in [1.29, 1.82) is 0 Å². The molecule has 0 aromatic carbocycles. The number of carboxylic acid groups (broad SMARTS) is 4. The third-order valence-electron chi connectivity index (χ3n) is 1.54. The van der Waals surface area contributed by atoms with Gasteiger partial charge in [-0.15, -0.1) is 0 Å². The molecule has 0 aliphatic heterocycles. The van der Waals surface area contributed by atoms with E-state index in [0.29, 0.717) is 0 Å². The largest absolute Gasteiger partial charge is 0.503 e. The van der Waals surface area contributed by atoms with Gasteiger partial charge in [0.25, 0.3) is 0 Å². The summed E-state index contributed by atoms with van der Waals surface area (Å²) in [5.41, 5.74) is 0. The molecule has 0 aromatic rings. The van der Waals surface area contributed by atoms with E-state index in [4.69, 9.17) is 35.3 Å². The van der Waals surface area contributed by atoms with E-state index in [2.05, 4.69) is 4.89 Å². The molecule has 5 N–H and O–H groups in total. The van der Waals surface area contributed by atoms with E-state index < -0.39 is 12.3 Å². The van der Waals surface area contributed by atoms with Crippen molar-refractivity contribution in [3.05, 3.63) is 6.10 Å². The predicted octanol–water partition coefficient (Wildman–Crippen LogP) is 2.42. The highest BCUT2D eigenvalue weighted by molar-refractivity contribution is 5.53. The lowest BCUT2D eigenvalue weighted by Gasteiger charge is -2.15. The summed E-state index contributed by atoms with van der Waals surface area (Å²) in [6, 6.07) is 0. The lowest BCUT2D eigenvalue weighted by Crippen LogP contribution is -2.05. The lowest BCUT2D eigenvalue weighted by atomic mass is 9.98. The molecule has 0 saturated heterocycles. The first-order valence-corrected chi connectivity index (χ1v) is 4.40. The van der Waals surface area contributed by atoms with Crippen molar-refractivity contribution in [2.45, 2.75) is 32.1 Å². The molecule has 0 amide bonds. The van der Waals surface area contributed by atoms with Gasteiger partial charge in [0.2, 0.25) is 0 Å². The topological polar surface area (TPSA) is 145 Å². The Labute approximate surface area is 91.6 Å². The summed E-state index contributed by atoms with van der Waals surface area (Å²) in [4.78, 5) is 21.2. The fraction of sp³-hybridized carbons (Fsp3) is 0.625. The van der Waals surface area contributed by atoms with Crippen LogP contribution in [-0.2, 0) is 4.89 Å². The molecule has 0 bridgehead atoms. The van der Waals surface area contributed by atoms with Crippen molar-refractivity contribution >= 4 is 12.3 Å². The molecule has 8 heteroatoms. The van der Waals surface area contributed by atoms with Gasteiger partial charge in [-0.05, 0) is 12.8 Å². The van der Waals surface area contributed by atoms with Crippen LogP contribution < -0.4 is 0 Å². The molecule has 1 saturated carbocycles. The summed E-state index contributed by atoms with van der Waals surface area (Å²) in [6.45, 7) is 0. The highest BCUT2D eigenvalue weighted by Gasteiger charge is 2.13. The maximum Gasteiger partial charge on any atom is 0.503 e. The molecule has 16 heavy (non-hydrogen) atoms. The van der Waals surface area contributed by atoms with Crippen molar-refractivity contribution in [3.8, 4) is 0 Å². The molecule has 1 aliphatic carbocycles. The van der Waals surface area contributed by atoms with Crippen LogP contribution in [0.25, 0.3) is 0 Å². The molecule has 1 radical (unpaired) electrons. The van der Waals surface area contributed by atoms with E-state index in [1.54, 1.807) is 0 Å². The van der Waals surface area contributed by atoms with Crippen LogP contribution in [-0.4, -0.2) is 38.0 Å². The minimum atomic E-state index is -1.83. The van der Waals surface area contributed by atoms with Gasteiger partial charge < -0.3 is 20.4 Å². The van der Waals surface area contributed by atoms with Gasteiger partial charge in [0.1, 0.15) is 6.10 Å². The summed E-state index contributed by atoms with van der Waals surface area (Å²) >= 11 is 0. The van der Waals surface area contributed by atoms with E-state index in [-0.39, 0.29) is 0 Å². The summed E-state index contributed by atoms with van der Waals surface area (Å²) < 4.78 is 0. The smallest absolute Gasteiger partial charge is 0.450 e. The SMILES string of the molecule is O=C(O)O.O=C(O)O.OO[C]1CCCCC1. The molecule has 0 unspecified atom stereocenters. The molecule has 0 aromatic heterocycles. The van der Waals surface area contributed by atoms with Crippen molar-refractivity contribution in [1.82, 2.24) is 0 Å². The van der Waals surface area contributed by atoms with Gasteiger partial charge in [-0.25, -0.2) is 14.5 Å². The summed E-state index contributed by atoms with van der Waals surface area (Å²) in [7, 11) is 0. The van der Waals surface area contributed by atoms with Crippen LogP contribution in [0.4, 0.5) is 9.59 Å². The Kier molecular flexibility index (Phi) is 12.2. The van der Waals surface area contributed by atoms with Crippen LogP contribution in [0, 0.1) is 6.10 Å². The van der Waals surface area contributed by atoms with Crippen LogP contribution in [0.5, 0.6) is 0 Å². The molecule has 1 aliphatic rings. The Bertz CT molecular complexity index is 166. The van der Waals surface area contributed by atoms with E-state index in [0.717, 1.165) is 18.9 Å². The van der Waals surface area contributed by atoms with Crippen molar-refractivity contribution < 1.29 is 40.2 Å². The van der Waals surface area contributed by atoms with Gasteiger partial charge in [0.05, 0.1) is 0 Å². The number of hydrogen-bond acceptors (Lipinski definition) is 4.